The first-order valence-electron chi connectivity index (χ1n) is 7.85. The molecule has 1 aromatic heterocycles. The molecular formula is C16H25N3O2. The van der Waals surface area contributed by atoms with E-state index in [1.165, 1.54) is 12.8 Å². The van der Waals surface area contributed by atoms with Crippen molar-refractivity contribution in [3.05, 3.63) is 24.0 Å². The molecule has 5 nitrogen and oxygen atoms in total. The zero-order valence-electron chi connectivity index (χ0n) is 12.8. The van der Waals surface area contributed by atoms with Crippen LogP contribution in [-0.2, 0) is 4.74 Å². The van der Waals surface area contributed by atoms with Gasteiger partial charge in [-0.1, -0.05) is 12.8 Å². The van der Waals surface area contributed by atoms with Crippen LogP contribution in [0.25, 0.3) is 0 Å². The highest BCUT2D eigenvalue weighted by Crippen LogP contribution is 2.44. The van der Waals surface area contributed by atoms with E-state index in [9.17, 15) is 0 Å². The van der Waals surface area contributed by atoms with Gasteiger partial charge in [-0.3, -0.25) is 9.88 Å². The molecular weight excluding hydrogens is 266 g/mol. The number of hydrogen-bond acceptors (Lipinski definition) is 5. The largest absolute Gasteiger partial charge is 0.495 e. The minimum absolute atomic E-state index is 0.00537. The highest BCUT2D eigenvalue weighted by atomic mass is 16.5. The Morgan fingerprint density at radius 1 is 1.33 bits per heavy atom. The summed E-state index contributed by atoms with van der Waals surface area (Å²) < 4.78 is 11.0. The number of morpholine rings is 1. The molecule has 1 aliphatic heterocycles. The Balaban J connectivity index is 1.92. The van der Waals surface area contributed by atoms with Crippen molar-refractivity contribution in [3.8, 4) is 5.75 Å². The van der Waals surface area contributed by atoms with Crippen LogP contribution in [0.4, 0.5) is 0 Å². The Morgan fingerprint density at radius 3 is 2.71 bits per heavy atom. The van der Waals surface area contributed by atoms with Gasteiger partial charge >= 0.3 is 0 Å². The number of pyridine rings is 1. The van der Waals surface area contributed by atoms with Crippen LogP contribution < -0.4 is 10.5 Å². The van der Waals surface area contributed by atoms with Crippen molar-refractivity contribution in [3.63, 3.8) is 0 Å². The summed E-state index contributed by atoms with van der Waals surface area (Å²) in [4.78, 5) is 7.06. The summed E-state index contributed by atoms with van der Waals surface area (Å²) in [6, 6.07) is 3.73. The van der Waals surface area contributed by atoms with Gasteiger partial charge in [0.2, 0.25) is 0 Å². The van der Waals surface area contributed by atoms with Crippen LogP contribution in [0.3, 0.4) is 0 Å². The van der Waals surface area contributed by atoms with Crippen molar-refractivity contribution in [2.75, 3.05) is 33.4 Å². The van der Waals surface area contributed by atoms with E-state index in [0.29, 0.717) is 0 Å². The highest BCUT2D eigenvalue weighted by Gasteiger charge is 2.46. The Hall–Kier alpha value is -1.17. The molecule has 1 saturated heterocycles. The maximum absolute atomic E-state index is 6.72. The average molecular weight is 291 g/mol. The molecule has 3 rings (SSSR count). The van der Waals surface area contributed by atoms with Gasteiger partial charge in [0, 0.05) is 24.8 Å². The molecule has 1 aromatic rings. The summed E-state index contributed by atoms with van der Waals surface area (Å²) in [6.07, 6.45) is 6.54. The predicted octanol–water partition coefficient (Wildman–Crippen LogP) is 1.73. The summed E-state index contributed by atoms with van der Waals surface area (Å²) in [5.41, 5.74) is 7.61. The SMILES string of the molecule is COc1cccnc1C(N)C1(N2CCOCC2)CCCC1. The van der Waals surface area contributed by atoms with E-state index >= 15 is 0 Å². The number of aromatic nitrogens is 1. The van der Waals surface area contributed by atoms with Crippen LogP contribution in [-0.4, -0.2) is 48.8 Å². The van der Waals surface area contributed by atoms with Crippen LogP contribution in [0.2, 0.25) is 0 Å². The lowest BCUT2D eigenvalue weighted by Gasteiger charge is -2.46. The van der Waals surface area contributed by atoms with Gasteiger partial charge in [0.1, 0.15) is 11.4 Å². The van der Waals surface area contributed by atoms with Gasteiger partial charge in [-0.05, 0) is 25.0 Å². The lowest BCUT2D eigenvalue weighted by atomic mass is 9.83. The molecule has 1 unspecified atom stereocenters. The van der Waals surface area contributed by atoms with E-state index in [-0.39, 0.29) is 11.6 Å². The smallest absolute Gasteiger partial charge is 0.142 e. The summed E-state index contributed by atoms with van der Waals surface area (Å²) in [7, 11) is 1.68. The molecule has 2 N–H and O–H groups in total. The van der Waals surface area contributed by atoms with Crippen molar-refractivity contribution in [1.29, 1.82) is 0 Å². The Morgan fingerprint density at radius 2 is 2.05 bits per heavy atom. The van der Waals surface area contributed by atoms with Crippen molar-refractivity contribution >= 4 is 0 Å². The highest BCUT2D eigenvalue weighted by molar-refractivity contribution is 5.32. The van der Waals surface area contributed by atoms with E-state index in [2.05, 4.69) is 9.88 Å². The fourth-order valence-electron chi connectivity index (χ4n) is 3.88. The monoisotopic (exact) mass is 291 g/mol. The molecule has 116 valence electrons. The van der Waals surface area contributed by atoms with Gasteiger partial charge in [-0.25, -0.2) is 0 Å². The molecule has 0 amide bonds. The molecule has 0 bridgehead atoms. The molecule has 1 saturated carbocycles. The summed E-state index contributed by atoms with van der Waals surface area (Å²) >= 11 is 0. The molecule has 2 aliphatic rings. The molecule has 2 fully saturated rings. The quantitative estimate of drug-likeness (QED) is 0.915. The molecule has 21 heavy (non-hydrogen) atoms. The molecule has 1 aliphatic carbocycles. The molecule has 5 heteroatoms. The third-order valence-electron chi connectivity index (χ3n) is 5.00. The van der Waals surface area contributed by atoms with Crippen molar-refractivity contribution < 1.29 is 9.47 Å². The maximum atomic E-state index is 6.72. The minimum Gasteiger partial charge on any atom is -0.495 e. The standard InChI is InChI=1S/C16H25N3O2/c1-20-13-5-4-8-18-14(13)15(17)16(6-2-3-7-16)19-9-11-21-12-10-19/h4-5,8,15H,2-3,6-7,9-12,17H2,1H3. The fraction of sp³-hybridized carbons (Fsp3) is 0.688. The number of hydrogen-bond donors (Lipinski definition) is 1. The van der Waals surface area contributed by atoms with Gasteiger partial charge in [-0.2, -0.15) is 0 Å². The van der Waals surface area contributed by atoms with Crippen molar-refractivity contribution in [2.24, 2.45) is 5.73 Å². The normalized spacial score (nSPS) is 23.9. The van der Waals surface area contributed by atoms with E-state index in [4.69, 9.17) is 15.2 Å². The first-order chi connectivity index (χ1) is 10.3. The van der Waals surface area contributed by atoms with Gasteiger partial charge in [-0.15, -0.1) is 0 Å². The topological polar surface area (TPSA) is 60.6 Å². The zero-order valence-corrected chi connectivity index (χ0v) is 12.8. The van der Waals surface area contributed by atoms with Crippen molar-refractivity contribution in [1.82, 2.24) is 9.88 Å². The summed E-state index contributed by atoms with van der Waals surface area (Å²) in [5.74, 6) is 0.796. The fourth-order valence-corrected chi connectivity index (χ4v) is 3.88. The zero-order chi connectivity index (χ0) is 14.7. The molecule has 2 heterocycles. The van der Waals surface area contributed by atoms with Crippen LogP contribution in [0.15, 0.2) is 18.3 Å². The number of ether oxygens (including phenoxy) is 2. The number of nitrogens with two attached hydrogens (primary N) is 1. The second-order valence-corrected chi connectivity index (χ2v) is 5.98. The van der Waals surface area contributed by atoms with E-state index in [1.54, 1.807) is 13.3 Å². The lowest BCUT2D eigenvalue weighted by molar-refractivity contribution is -0.0318. The van der Waals surface area contributed by atoms with Gasteiger partial charge in [0.05, 0.1) is 26.4 Å². The van der Waals surface area contributed by atoms with E-state index in [0.717, 1.165) is 50.6 Å². The molecule has 0 spiro atoms. The van der Waals surface area contributed by atoms with E-state index < -0.39 is 0 Å². The Labute approximate surface area is 126 Å². The average Bonchev–Trinajstić information content (AvgIpc) is 3.06. The third kappa shape index (κ3) is 2.65. The summed E-state index contributed by atoms with van der Waals surface area (Å²) in [5, 5.41) is 0. The minimum atomic E-state index is -0.116. The first-order valence-corrected chi connectivity index (χ1v) is 7.85. The first kappa shape index (κ1) is 14.8. The Bertz CT molecular complexity index is 468. The second-order valence-electron chi connectivity index (χ2n) is 5.98. The summed E-state index contributed by atoms with van der Waals surface area (Å²) in [6.45, 7) is 3.52. The van der Waals surface area contributed by atoms with Crippen LogP contribution >= 0.6 is 0 Å². The molecule has 0 radical (unpaired) electrons. The lowest BCUT2D eigenvalue weighted by Crippen LogP contribution is -2.57. The van der Waals surface area contributed by atoms with Gasteiger partial charge in [0.15, 0.2) is 0 Å². The number of methoxy groups -OCH3 is 1. The van der Waals surface area contributed by atoms with Gasteiger partial charge in [0.25, 0.3) is 0 Å². The Kier molecular flexibility index (Phi) is 4.42. The number of nitrogens with zero attached hydrogens (tertiary/aromatic N) is 2. The van der Waals surface area contributed by atoms with Crippen LogP contribution in [0, 0.1) is 0 Å². The van der Waals surface area contributed by atoms with Crippen LogP contribution in [0.5, 0.6) is 5.75 Å². The van der Waals surface area contributed by atoms with E-state index in [1.807, 2.05) is 12.1 Å². The van der Waals surface area contributed by atoms with Crippen molar-refractivity contribution in [2.45, 2.75) is 37.3 Å². The van der Waals surface area contributed by atoms with Gasteiger partial charge < -0.3 is 15.2 Å². The second kappa shape index (κ2) is 6.30. The van der Waals surface area contributed by atoms with Crippen LogP contribution in [0.1, 0.15) is 37.4 Å². The predicted molar refractivity (Wildman–Crippen MR) is 81.3 cm³/mol. The molecule has 1 atom stereocenters. The number of rotatable bonds is 4. The molecule has 0 aromatic carbocycles. The third-order valence-corrected chi connectivity index (χ3v) is 5.00. The maximum Gasteiger partial charge on any atom is 0.142 e.